The van der Waals surface area contributed by atoms with Crippen molar-refractivity contribution in [2.45, 2.75) is 6.92 Å². The SMILES string of the molecule is Cc1ncccc1-c1ccc2cccc(-c3nc(C(N)=O)cs3)c2n1. The molecule has 2 N–H and O–H groups in total. The molecule has 0 saturated carbocycles. The van der Waals surface area contributed by atoms with Crippen LogP contribution in [0.15, 0.2) is 54.0 Å². The summed E-state index contributed by atoms with van der Waals surface area (Å²) >= 11 is 1.39. The number of hydrogen-bond donors (Lipinski definition) is 1. The van der Waals surface area contributed by atoms with Crippen molar-refractivity contribution in [3.8, 4) is 21.8 Å². The number of rotatable bonds is 3. The highest BCUT2D eigenvalue weighted by atomic mass is 32.1. The van der Waals surface area contributed by atoms with Crippen LogP contribution in [0, 0.1) is 6.92 Å². The van der Waals surface area contributed by atoms with Gasteiger partial charge in [-0.15, -0.1) is 11.3 Å². The van der Waals surface area contributed by atoms with Crippen LogP contribution in [0.4, 0.5) is 0 Å². The van der Waals surface area contributed by atoms with Crippen LogP contribution in [0.25, 0.3) is 32.7 Å². The first-order valence-corrected chi connectivity index (χ1v) is 8.59. The minimum absolute atomic E-state index is 0.274. The van der Waals surface area contributed by atoms with E-state index in [1.54, 1.807) is 11.6 Å². The first-order chi connectivity index (χ1) is 12.1. The van der Waals surface area contributed by atoms with Gasteiger partial charge in [-0.3, -0.25) is 9.78 Å². The maximum absolute atomic E-state index is 11.3. The van der Waals surface area contributed by atoms with Gasteiger partial charge >= 0.3 is 0 Å². The lowest BCUT2D eigenvalue weighted by atomic mass is 10.1. The Morgan fingerprint density at radius 1 is 1.04 bits per heavy atom. The summed E-state index contributed by atoms with van der Waals surface area (Å²) in [5.41, 5.74) is 10.1. The Morgan fingerprint density at radius 3 is 2.64 bits per heavy atom. The molecule has 3 aromatic heterocycles. The number of pyridine rings is 2. The third-order valence-electron chi connectivity index (χ3n) is 3.99. The zero-order chi connectivity index (χ0) is 17.4. The van der Waals surface area contributed by atoms with Crippen LogP contribution in [0.1, 0.15) is 16.2 Å². The van der Waals surface area contributed by atoms with E-state index < -0.39 is 5.91 Å². The Labute approximate surface area is 148 Å². The summed E-state index contributed by atoms with van der Waals surface area (Å²) in [7, 11) is 0. The van der Waals surface area contributed by atoms with Crippen molar-refractivity contribution in [2.24, 2.45) is 5.73 Å². The largest absolute Gasteiger partial charge is 0.364 e. The molecule has 3 heterocycles. The van der Waals surface area contributed by atoms with E-state index in [1.165, 1.54) is 11.3 Å². The van der Waals surface area contributed by atoms with Gasteiger partial charge in [-0.2, -0.15) is 0 Å². The van der Waals surface area contributed by atoms with Gasteiger partial charge in [-0.1, -0.05) is 18.2 Å². The lowest BCUT2D eigenvalue weighted by molar-refractivity contribution is 0.0996. The highest BCUT2D eigenvalue weighted by molar-refractivity contribution is 7.13. The first-order valence-electron chi connectivity index (χ1n) is 7.71. The standard InChI is InChI=1S/C19H14N4OS/c1-11-13(6-3-9-21-11)15-8-7-12-4-2-5-14(17(12)22-15)19-23-16(10-25-19)18(20)24/h2-10H,1H3,(H2,20,24). The summed E-state index contributed by atoms with van der Waals surface area (Å²) in [4.78, 5) is 24.9. The average molecular weight is 346 g/mol. The molecule has 0 aliphatic carbocycles. The zero-order valence-electron chi connectivity index (χ0n) is 13.4. The number of nitrogens with zero attached hydrogens (tertiary/aromatic N) is 3. The number of amides is 1. The summed E-state index contributed by atoms with van der Waals surface area (Å²) < 4.78 is 0. The molecule has 5 nitrogen and oxygen atoms in total. The second-order valence-corrected chi connectivity index (χ2v) is 6.47. The highest BCUT2D eigenvalue weighted by Crippen LogP contribution is 2.31. The van der Waals surface area contributed by atoms with Crippen LogP contribution in [0.3, 0.4) is 0 Å². The minimum atomic E-state index is -0.526. The predicted octanol–water partition coefficient (Wildman–Crippen LogP) is 3.83. The van der Waals surface area contributed by atoms with Crippen LogP contribution in [-0.4, -0.2) is 20.9 Å². The second-order valence-electron chi connectivity index (χ2n) is 5.61. The van der Waals surface area contributed by atoms with Crippen molar-refractivity contribution in [3.63, 3.8) is 0 Å². The molecule has 4 rings (SSSR count). The Kier molecular flexibility index (Phi) is 3.74. The van der Waals surface area contributed by atoms with Crippen LogP contribution < -0.4 is 5.73 Å². The van der Waals surface area contributed by atoms with E-state index in [1.807, 2.05) is 49.4 Å². The molecule has 0 radical (unpaired) electrons. The minimum Gasteiger partial charge on any atom is -0.364 e. The number of aromatic nitrogens is 3. The fraction of sp³-hybridized carbons (Fsp3) is 0.0526. The lowest BCUT2D eigenvalue weighted by Crippen LogP contribution is -2.10. The van der Waals surface area contributed by atoms with E-state index in [9.17, 15) is 4.79 Å². The average Bonchev–Trinajstić information content (AvgIpc) is 3.11. The molecule has 0 aliphatic heterocycles. The highest BCUT2D eigenvalue weighted by Gasteiger charge is 2.13. The van der Waals surface area contributed by atoms with Gasteiger partial charge in [0.05, 0.1) is 11.2 Å². The number of primary amides is 1. The topological polar surface area (TPSA) is 81.8 Å². The van der Waals surface area contributed by atoms with Gasteiger partial charge in [0.2, 0.25) is 0 Å². The van der Waals surface area contributed by atoms with Gasteiger partial charge in [0, 0.05) is 33.8 Å². The Balaban J connectivity index is 1.92. The number of benzene rings is 1. The zero-order valence-corrected chi connectivity index (χ0v) is 14.2. The van der Waals surface area contributed by atoms with Gasteiger partial charge < -0.3 is 5.73 Å². The Bertz CT molecular complexity index is 1100. The Morgan fingerprint density at radius 2 is 1.88 bits per heavy atom. The molecule has 1 amide bonds. The summed E-state index contributed by atoms with van der Waals surface area (Å²) in [6.45, 7) is 1.97. The summed E-state index contributed by atoms with van der Waals surface area (Å²) in [5.74, 6) is -0.526. The second kappa shape index (κ2) is 6.07. The van der Waals surface area contributed by atoms with Gasteiger partial charge in [-0.05, 0) is 31.2 Å². The van der Waals surface area contributed by atoms with E-state index in [0.717, 1.165) is 38.4 Å². The third kappa shape index (κ3) is 2.77. The quantitative estimate of drug-likeness (QED) is 0.611. The number of thiazole rings is 1. The van der Waals surface area contributed by atoms with E-state index in [0.29, 0.717) is 0 Å². The molecule has 0 atom stereocenters. The van der Waals surface area contributed by atoms with Crippen LogP contribution >= 0.6 is 11.3 Å². The third-order valence-corrected chi connectivity index (χ3v) is 4.87. The number of nitrogens with two attached hydrogens (primary N) is 1. The molecule has 0 aliphatic rings. The molecule has 0 spiro atoms. The summed E-state index contributed by atoms with van der Waals surface area (Å²) in [5, 5.41) is 3.41. The Hall–Kier alpha value is -3.12. The molecule has 1 aromatic carbocycles. The van der Waals surface area contributed by atoms with E-state index >= 15 is 0 Å². The number of fused-ring (bicyclic) bond motifs is 1. The molecular weight excluding hydrogens is 332 g/mol. The fourth-order valence-corrected chi connectivity index (χ4v) is 3.57. The summed E-state index contributed by atoms with van der Waals surface area (Å²) in [6, 6.07) is 13.9. The lowest BCUT2D eigenvalue weighted by Gasteiger charge is -2.08. The summed E-state index contributed by atoms with van der Waals surface area (Å²) in [6.07, 6.45) is 1.77. The smallest absolute Gasteiger partial charge is 0.268 e. The maximum Gasteiger partial charge on any atom is 0.268 e. The van der Waals surface area contributed by atoms with E-state index in [2.05, 4.69) is 9.97 Å². The number of carbonyl (C=O) groups excluding carboxylic acids is 1. The molecule has 0 saturated heterocycles. The van der Waals surface area contributed by atoms with Crippen molar-refractivity contribution >= 4 is 28.1 Å². The van der Waals surface area contributed by atoms with Crippen molar-refractivity contribution in [1.82, 2.24) is 15.0 Å². The van der Waals surface area contributed by atoms with Crippen LogP contribution in [0.2, 0.25) is 0 Å². The maximum atomic E-state index is 11.3. The van der Waals surface area contributed by atoms with Crippen molar-refractivity contribution in [2.75, 3.05) is 0 Å². The van der Waals surface area contributed by atoms with Crippen molar-refractivity contribution in [1.29, 1.82) is 0 Å². The molecular formula is C19H14N4OS. The van der Waals surface area contributed by atoms with E-state index in [4.69, 9.17) is 10.7 Å². The number of aryl methyl sites for hydroxylation is 1. The first kappa shape index (κ1) is 15.4. The van der Waals surface area contributed by atoms with Crippen molar-refractivity contribution < 1.29 is 4.79 Å². The van der Waals surface area contributed by atoms with Crippen LogP contribution in [0.5, 0.6) is 0 Å². The number of hydrogen-bond acceptors (Lipinski definition) is 5. The predicted molar refractivity (Wildman–Crippen MR) is 99.3 cm³/mol. The van der Waals surface area contributed by atoms with Crippen LogP contribution in [-0.2, 0) is 0 Å². The van der Waals surface area contributed by atoms with Gasteiger partial charge in [0.1, 0.15) is 10.7 Å². The van der Waals surface area contributed by atoms with Gasteiger partial charge in [0.25, 0.3) is 5.91 Å². The number of para-hydroxylation sites is 1. The fourth-order valence-electron chi connectivity index (χ4n) is 2.74. The normalized spacial score (nSPS) is 10.9. The molecule has 4 aromatic rings. The molecule has 0 unspecified atom stereocenters. The molecule has 122 valence electrons. The molecule has 25 heavy (non-hydrogen) atoms. The molecule has 6 heteroatoms. The van der Waals surface area contributed by atoms with Crippen molar-refractivity contribution in [3.05, 3.63) is 65.4 Å². The van der Waals surface area contributed by atoms with Gasteiger partial charge in [0.15, 0.2) is 0 Å². The molecule has 0 bridgehead atoms. The molecule has 0 fully saturated rings. The van der Waals surface area contributed by atoms with Gasteiger partial charge in [-0.25, -0.2) is 9.97 Å². The number of carbonyl (C=O) groups is 1. The van der Waals surface area contributed by atoms with E-state index in [-0.39, 0.29) is 5.69 Å². The monoisotopic (exact) mass is 346 g/mol.